The zero-order valence-electron chi connectivity index (χ0n) is 11.5. The Hall–Kier alpha value is -1.13. The number of fused-ring (bicyclic) bond motifs is 2. The molecule has 0 unspecified atom stereocenters. The first-order chi connectivity index (χ1) is 9.99. The van der Waals surface area contributed by atoms with Gasteiger partial charge in [0, 0.05) is 0 Å². The largest absolute Gasteiger partial charge is 0.511 e. The Balaban J connectivity index is 2.07. The topological polar surface area (TPSA) is 88.2 Å². The highest BCUT2D eigenvalue weighted by molar-refractivity contribution is 7.96. The molecular weight excluding hydrogens is 350 g/mol. The molecule has 0 radical (unpaired) electrons. The van der Waals surface area contributed by atoms with Crippen LogP contribution in [0, 0.1) is 0 Å². The predicted molar refractivity (Wildman–Crippen MR) is 67.2 cm³/mol. The Kier molecular flexibility index (Phi) is 3.19. The van der Waals surface area contributed by atoms with Gasteiger partial charge < -0.3 is 9.47 Å². The maximum Gasteiger partial charge on any atom is 0.511 e. The van der Waals surface area contributed by atoms with Crippen molar-refractivity contribution in [3.05, 3.63) is 11.8 Å². The van der Waals surface area contributed by atoms with E-state index < -0.39 is 35.2 Å². The summed E-state index contributed by atoms with van der Waals surface area (Å²) in [6.07, 6.45) is 0. The van der Waals surface area contributed by atoms with Crippen LogP contribution in [0.3, 0.4) is 0 Å². The maximum absolute atomic E-state index is 13.2. The van der Waals surface area contributed by atoms with Crippen molar-refractivity contribution in [2.45, 2.75) is 31.4 Å². The van der Waals surface area contributed by atoms with Gasteiger partial charge in [0.1, 0.15) is 13.2 Å². The van der Waals surface area contributed by atoms with Gasteiger partial charge in [-0.25, -0.2) is 8.42 Å². The van der Waals surface area contributed by atoms with Crippen LogP contribution >= 0.6 is 7.59 Å². The van der Waals surface area contributed by atoms with Crippen molar-refractivity contribution in [2.24, 2.45) is 0 Å². The van der Waals surface area contributed by atoms with Gasteiger partial charge in [-0.15, -0.1) is 4.49 Å². The molecule has 22 heavy (non-hydrogen) atoms. The zero-order chi connectivity index (χ0) is 16.5. The molecule has 126 valence electrons. The van der Waals surface area contributed by atoms with Gasteiger partial charge in [0.2, 0.25) is 0 Å². The lowest BCUT2D eigenvalue weighted by Gasteiger charge is -2.32. The second-order valence-electron chi connectivity index (χ2n) is 5.20. The van der Waals surface area contributed by atoms with Crippen LogP contribution in [-0.2, 0) is 24.1 Å². The molecule has 3 aliphatic rings. The minimum atomic E-state index is -5.80. The van der Waals surface area contributed by atoms with Crippen LogP contribution in [0.15, 0.2) is 11.8 Å². The monoisotopic (exact) mass is 363 g/mol. The van der Waals surface area contributed by atoms with Gasteiger partial charge in [0.05, 0.1) is 12.1 Å². The van der Waals surface area contributed by atoms with Crippen LogP contribution in [0.5, 0.6) is 0 Å². The molecule has 1 N–H and O–H groups in total. The quantitative estimate of drug-likeness (QED) is 0.736. The molecule has 3 heterocycles. The van der Waals surface area contributed by atoms with Crippen molar-refractivity contribution in [3.8, 4) is 0 Å². The van der Waals surface area contributed by atoms with E-state index in [1.807, 2.05) is 0 Å². The number of nitrogens with one attached hydrogen (secondary N) is 1. The summed E-state index contributed by atoms with van der Waals surface area (Å²) in [6.45, 7) is 3.27. The van der Waals surface area contributed by atoms with Crippen molar-refractivity contribution in [3.63, 3.8) is 0 Å². The highest BCUT2D eigenvalue weighted by Crippen LogP contribution is 2.65. The van der Waals surface area contributed by atoms with E-state index in [0.29, 0.717) is 0 Å². The maximum atomic E-state index is 13.2. The van der Waals surface area contributed by atoms with Crippen LogP contribution in [-0.4, -0.2) is 48.6 Å². The summed E-state index contributed by atoms with van der Waals surface area (Å²) in [7, 11) is -10.1. The van der Waals surface area contributed by atoms with E-state index in [4.69, 9.17) is 9.47 Å². The molecule has 0 aromatic carbocycles. The van der Waals surface area contributed by atoms with E-state index in [-0.39, 0.29) is 25.0 Å². The van der Waals surface area contributed by atoms with Crippen LogP contribution in [0.25, 0.3) is 0 Å². The Morgan fingerprint density at radius 1 is 1.14 bits per heavy atom. The van der Waals surface area contributed by atoms with Crippen LogP contribution in [0.1, 0.15) is 13.8 Å². The summed E-state index contributed by atoms with van der Waals surface area (Å²) in [5.41, 5.74) is -5.57. The number of nitrogens with zero attached hydrogens (tertiary/aromatic N) is 2. The van der Waals surface area contributed by atoms with E-state index in [0.717, 1.165) is 9.34 Å². The van der Waals surface area contributed by atoms with Crippen molar-refractivity contribution < 1.29 is 35.6 Å². The van der Waals surface area contributed by atoms with Crippen LogP contribution in [0.4, 0.5) is 13.2 Å². The van der Waals surface area contributed by atoms with Crippen molar-refractivity contribution >= 4 is 17.6 Å². The number of sulfonamides is 1. The summed E-state index contributed by atoms with van der Waals surface area (Å²) in [4.78, 5) is 0. The fourth-order valence-corrected chi connectivity index (χ4v) is 7.13. The van der Waals surface area contributed by atoms with Crippen molar-refractivity contribution in [2.75, 3.05) is 13.2 Å². The molecule has 0 aliphatic carbocycles. The molecule has 0 saturated carbocycles. The number of ether oxygens (including phenoxy) is 2. The summed E-state index contributed by atoms with van der Waals surface area (Å²) in [6, 6.07) is -1.13. The normalized spacial score (nSPS) is 30.2. The number of halogens is 3. The molecule has 0 aromatic rings. The van der Waals surface area contributed by atoms with Crippen LogP contribution in [0.2, 0.25) is 0 Å². The average molecular weight is 363 g/mol. The Bertz CT molecular complexity index is 661. The number of alkyl halides is 3. The smallest absolute Gasteiger partial charge is 0.473 e. The highest BCUT2D eigenvalue weighted by Gasteiger charge is 2.63. The Morgan fingerprint density at radius 3 is 1.91 bits per heavy atom. The molecule has 2 atom stereocenters. The molecule has 8 nitrogen and oxygen atoms in total. The first-order valence-corrected chi connectivity index (χ1v) is 9.38. The van der Waals surface area contributed by atoms with Gasteiger partial charge in [-0.3, -0.25) is 13.9 Å². The first kappa shape index (κ1) is 15.8. The van der Waals surface area contributed by atoms with Crippen LogP contribution < -0.4 is 4.49 Å². The molecule has 0 amide bonds. The molecule has 3 aliphatic heterocycles. The summed E-state index contributed by atoms with van der Waals surface area (Å²) in [5.74, 6) is 0.00937. The van der Waals surface area contributed by atoms with Gasteiger partial charge >= 0.3 is 23.1 Å². The standard InChI is InChI=1S/C9H13F3N3O5PS/c1-5-3-19-7-8-15(6(2)4-20-8)21(16,14(5)7)13-22(17,18)9(10,11)12/h5-6H,3-4H2,1-2H3,(H,13,16)/t5-,6-/m0/s1. The van der Waals surface area contributed by atoms with Gasteiger partial charge in [-0.05, 0) is 13.8 Å². The fourth-order valence-electron chi connectivity index (χ4n) is 2.57. The number of hydrogen-bond donors (Lipinski definition) is 1. The van der Waals surface area contributed by atoms with E-state index in [1.54, 1.807) is 13.8 Å². The molecule has 2 saturated heterocycles. The average Bonchev–Trinajstić information content (AvgIpc) is 2.96. The molecule has 0 aromatic heterocycles. The minimum absolute atomic E-state index is 0.00468. The van der Waals surface area contributed by atoms with Gasteiger partial charge in [-0.2, -0.15) is 13.2 Å². The minimum Gasteiger partial charge on any atom is -0.473 e. The van der Waals surface area contributed by atoms with E-state index in [9.17, 15) is 26.2 Å². The molecule has 3 rings (SSSR count). The Labute approximate surface area is 124 Å². The lowest BCUT2D eigenvalue weighted by atomic mass is 10.4. The summed E-state index contributed by atoms with van der Waals surface area (Å²) in [5, 5.41) is 0. The third kappa shape index (κ3) is 1.93. The second kappa shape index (κ2) is 4.45. The van der Waals surface area contributed by atoms with Crippen molar-refractivity contribution in [1.82, 2.24) is 13.8 Å². The van der Waals surface area contributed by atoms with E-state index in [2.05, 4.69) is 0 Å². The van der Waals surface area contributed by atoms with E-state index in [1.165, 1.54) is 4.49 Å². The molecule has 0 spiro atoms. The van der Waals surface area contributed by atoms with Gasteiger partial charge in [0.15, 0.2) is 0 Å². The fraction of sp³-hybridized carbons (Fsp3) is 0.778. The Morgan fingerprint density at radius 2 is 1.55 bits per heavy atom. The van der Waals surface area contributed by atoms with Crippen molar-refractivity contribution in [1.29, 1.82) is 0 Å². The SMILES string of the molecule is C[C@H]1COC2=C3OC[C@H](C)N3P(=O)(NS(=O)(=O)C(F)(F)F)N21. The lowest BCUT2D eigenvalue weighted by Crippen LogP contribution is -2.43. The molecule has 0 bridgehead atoms. The second-order valence-corrected chi connectivity index (χ2v) is 9.35. The van der Waals surface area contributed by atoms with E-state index >= 15 is 0 Å². The summed E-state index contributed by atoms with van der Waals surface area (Å²) < 4.78 is 88.0. The number of hydrogen-bond acceptors (Lipinski definition) is 5. The number of rotatable bonds is 2. The highest BCUT2D eigenvalue weighted by atomic mass is 32.2. The van der Waals surface area contributed by atoms with Gasteiger partial charge in [0.25, 0.3) is 11.8 Å². The third-order valence-corrected chi connectivity index (χ3v) is 8.33. The molecular formula is C9H13F3N3O5PS. The predicted octanol–water partition coefficient (Wildman–Crippen LogP) is 1.12. The molecule has 2 fully saturated rings. The zero-order valence-corrected chi connectivity index (χ0v) is 13.2. The lowest BCUT2D eigenvalue weighted by molar-refractivity contribution is -0.0442. The first-order valence-electron chi connectivity index (χ1n) is 6.29. The summed E-state index contributed by atoms with van der Waals surface area (Å²) >= 11 is 0. The third-order valence-electron chi connectivity index (χ3n) is 3.48. The van der Waals surface area contributed by atoms with Gasteiger partial charge in [-0.1, -0.05) is 0 Å². The molecule has 13 heteroatoms.